The van der Waals surface area contributed by atoms with E-state index in [0.29, 0.717) is 11.5 Å². The number of nitrogens with one attached hydrogen (secondary N) is 1. The number of amides is 1. The average molecular weight is 383 g/mol. The molecule has 0 spiro atoms. The van der Waals surface area contributed by atoms with Crippen molar-refractivity contribution in [1.29, 1.82) is 0 Å². The molecule has 27 heavy (non-hydrogen) atoms. The first-order valence-corrected chi connectivity index (χ1v) is 9.92. The van der Waals surface area contributed by atoms with Crippen LogP contribution >= 0.6 is 11.3 Å². The highest BCUT2D eigenvalue weighted by Gasteiger charge is 2.21. The number of benzene rings is 1. The molecule has 1 atom stereocenters. The van der Waals surface area contributed by atoms with Gasteiger partial charge in [-0.1, -0.05) is 48.6 Å². The van der Waals surface area contributed by atoms with E-state index in [4.69, 9.17) is 0 Å². The Hall–Kier alpha value is -2.74. The molecule has 3 heterocycles. The number of carbonyl (C=O) groups excluding carboxylic acids is 1. The lowest BCUT2D eigenvalue weighted by atomic mass is 10.0. The second-order valence-electron chi connectivity index (χ2n) is 6.77. The van der Waals surface area contributed by atoms with Crippen LogP contribution < -0.4 is 15.8 Å². The maximum absolute atomic E-state index is 12.7. The van der Waals surface area contributed by atoms with Crippen LogP contribution in [0.4, 0.5) is 5.13 Å². The van der Waals surface area contributed by atoms with E-state index < -0.39 is 5.56 Å². The summed E-state index contributed by atoms with van der Waals surface area (Å²) >= 11 is 1.35. The Kier molecular flexibility index (Phi) is 4.89. The van der Waals surface area contributed by atoms with Crippen molar-refractivity contribution in [3.8, 4) is 0 Å². The highest BCUT2D eigenvalue weighted by Crippen LogP contribution is 2.25. The third-order valence-electron chi connectivity index (χ3n) is 4.79. The van der Waals surface area contributed by atoms with Gasteiger partial charge >= 0.3 is 0 Å². The van der Waals surface area contributed by atoms with Crippen LogP contribution in [0.2, 0.25) is 0 Å². The molecule has 1 saturated heterocycles. The van der Waals surface area contributed by atoms with Gasteiger partial charge in [-0.25, -0.2) is 0 Å². The van der Waals surface area contributed by atoms with Crippen molar-refractivity contribution < 1.29 is 4.79 Å². The van der Waals surface area contributed by atoms with Gasteiger partial charge in [-0.05, 0) is 24.3 Å². The van der Waals surface area contributed by atoms with Gasteiger partial charge in [-0.15, -0.1) is 5.10 Å². The van der Waals surface area contributed by atoms with E-state index in [1.165, 1.54) is 21.9 Å². The molecule has 0 aliphatic carbocycles. The molecule has 0 bridgehead atoms. The van der Waals surface area contributed by atoms with Gasteiger partial charge < -0.3 is 10.2 Å². The Balaban J connectivity index is 1.56. The van der Waals surface area contributed by atoms with E-state index in [2.05, 4.69) is 27.2 Å². The van der Waals surface area contributed by atoms with Gasteiger partial charge in [0, 0.05) is 25.7 Å². The Morgan fingerprint density at radius 1 is 1.26 bits per heavy atom. The largest absolute Gasteiger partial charge is 0.350 e. The highest BCUT2D eigenvalue weighted by atomic mass is 32.1. The van der Waals surface area contributed by atoms with Gasteiger partial charge in [0.05, 0.1) is 0 Å². The molecule has 0 radical (unpaired) electrons. The SMILES string of the molecule is C[C@@H](CNC(=O)c1cc(=O)nc2sc(N3CCCC3)nn12)c1ccccc1. The van der Waals surface area contributed by atoms with Gasteiger partial charge in [-0.2, -0.15) is 9.50 Å². The molecule has 1 aromatic carbocycles. The van der Waals surface area contributed by atoms with Gasteiger partial charge in [-0.3, -0.25) is 9.59 Å². The van der Waals surface area contributed by atoms with Gasteiger partial charge in [0.2, 0.25) is 10.1 Å². The van der Waals surface area contributed by atoms with E-state index in [0.717, 1.165) is 36.6 Å². The van der Waals surface area contributed by atoms with Gasteiger partial charge in [0.25, 0.3) is 11.5 Å². The minimum absolute atomic E-state index is 0.166. The molecule has 1 N–H and O–H groups in total. The Morgan fingerprint density at radius 2 is 2.00 bits per heavy atom. The molecule has 140 valence electrons. The third-order valence-corrected chi connectivity index (χ3v) is 5.76. The van der Waals surface area contributed by atoms with Crippen molar-refractivity contribution in [3.05, 3.63) is 58.0 Å². The van der Waals surface area contributed by atoms with Crippen LogP contribution in [0.5, 0.6) is 0 Å². The monoisotopic (exact) mass is 383 g/mol. The van der Waals surface area contributed by atoms with Crippen molar-refractivity contribution in [2.24, 2.45) is 0 Å². The molecular weight excluding hydrogens is 362 g/mol. The Bertz CT molecular complexity index is 1010. The molecule has 3 aromatic rings. The quantitative estimate of drug-likeness (QED) is 0.731. The number of rotatable bonds is 5. The molecule has 8 heteroatoms. The number of fused-ring (bicyclic) bond motifs is 1. The van der Waals surface area contributed by atoms with E-state index in [1.54, 1.807) is 0 Å². The van der Waals surface area contributed by atoms with Crippen LogP contribution in [0.3, 0.4) is 0 Å². The minimum Gasteiger partial charge on any atom is -0.350 e. The molecule has 0 saturated carbocycles. The average Bonchev–Trinajstić information content (AvgIpc) is 3.35. The second kappa shape index (κ2) is 7.48. The molecule has 1 amide bonds. The maximum atomic E-state index is 12.7. The molecular formula is C19H21N5O2S. The van der Waals surface area contributed by atoms with Gasteiger partial charge in [0.15, 0.2) is 0 Å². The molecule has 1 fully saturated rings. The van der Waals surface area contributed by atoms with Crippen molar-refractivity contribution in [2.75, 3.05) is 24.5 Å². The first kappa shape index (κ1) is 17.7. The van der Waals surface area contributed by atoms with E-state index in [-0.39, 0.29) is 17.5 Å². The zero-order valence-corrected chi connectivity index (χ0v) is 15.9. The number of anilines is 1. The summed E-state index contributed by atoms with van der Waals surface area (Å²) in [6, 6.07) is 11.3. The molecule has 4 rings (SSSR count). The summed E-state index contributed by atoms with van der Waals surface area (Å²) in [6.45, 7) is 4.42. The number of nitrogens with zero attached hydrogens (tertiary/aromatic N) is 4. The van der Waals surface area contributed by atoms with E-state index >= 15 is 0 Å². The summed E-state index contributed by atoms with van der Waals surface area (Å²) in [6.07, 6.45) is 2.26. The molecule has 1 aliphatic heterocycles. The first-order chi connectivity index (χ1) is 13.1. The smallest absolute Gasteiger partial charge is 0.274 e. The van der Waals surface area contributed by atoms with E-state index in [1.807, 2.05) is 30.3 Å². The highest BCUT2D eigenvalue weighted by molar-refractivity contribution is 7.20. The fourth-order valence-corrected chi connectivity index (χ4v) is 4.20. The molecule has 0 unspecified atom stereocenters. The number of hydrogen-bond acceptors (Lipinski definition) is 6. The standard InChI is InChI=1S/C19H21N5O2S/c1-13(14-7-3-2-4-8-14)12-20-17(26)15-11-16(25)21-18-24(15)22-19(27-18)23-9-5-6-10-23/h2-4,7-8,11,13H,5-6,9-10,12H2,1H3,(H,20,26)/t13-/m0/s1. The van der Waals surface area contributed by atoms with Crippen LogP contribution in [0.1, 0.15) is 41.7 Å². The zero-order valence-electron chi connectivity index (χ0n) is 15.1. The minimum atomic E-state index is -0.423. The van der Waals surface area contributed by atoms with E-state index in [9.17, 15) is 9.59 Å². The number of hydrogen-bond donors (Lipinski definition) is 1. The van der Waals surface area contributed by atoms with Crippen LogP contribution in [0.15, 0.2) is 41.2 Å². The van der Waals surface area contributed by atoms with Crippen molar-refractivity contribution in [2.45, 2.75) is 25.7 Å². The second-order valence-corrected chi connectivity index (χ2v) is 7.71. The summed E-state index contributed by atoms with van der Waals surface area (Å²) in [4.78, 5) is 31.3. The zero-order chi connectivity index (χ0) is 18.8. The number of carbonyl (C=O) groups is 1. The third kappa shape index (κ3) is 3.71. The summed E-state index contributed by atoms with van der Waals surface area (Å²) in [5.41, 5.74) is 0.958. The van der Waals surface area contributed by atoms with Crippen LogP contribution in [0, 0.1) is 0 Å². The Labute approximate surface area is 160 Å². The Morgan fingerprint density at radius 3 is 2.74 bits per heavy atom. The molecule has 7 nitrogen and oxygen atoms in total. The maximum Gasteiger partial charge on any atom is 0.274 e. The summed E-state index contributed by atoms with van der Waals surface area (Å²) in [5.74, 6) is -0.148. The normalized spacial score (nSPS) is 15.2. The summed E-state index contributed by atoms with van der Waals surface area (Å²) in [5, 5.41) is 8.26. The fourth-order valence-electron chi connectivity index (χ4n) is 3.24. The van der Waals surface area contributed by atoms with Crippen LogP contribution in [-0.4, -0.2) is 40.1 Å². The number of aromatic nitrogens is 3. The fraction of sp³-hybridized carbons (Fsp3) is 0.368. The van der Waals surface area contributed by atoms with Gasteiger partial charge in [0.1, 0.15) is 5.69 Å². The lowest BCUT2D eigenvalue weighted by molar-refractivity contribution is 0.0944. The van der Waals surface area contributed by atoms with Crippen LogP contribution in [-0.2, 0) is 0 Å². The predicted octanol–water partition coefficient (Wildman–Crippen LogP) is 2.28. The van der Waals surface area contributed by atoms with Crippen molar-refractivity contribution >= 4 is 27.3 Å². The first-order valence-electron chi connectivity index (χ1n) is 9.11. The lowest BCUT2D eigenvalue weighted by Crippen LogP contribution is -2.30. The molecule has 1 aliphatic rings. The van der Waals surface area contributed by atoms with Crippen molar-refractivity contribution in [3.63, 3.8) is 0 Å². The summed E-state index contributed by atoms with van der Waals surface area (Å²) < 4.78 is 1.49. The molecule has 2 aromatic heterocycles. The van der Waals surface area contributed by atoms with Crippen molar-refractivity contribution in [1.82, 2.24) is 19.9 Å². The lowest BCUT2D eigenvalue weighted by Gasteiger charge is -2.13. The predicted molar refractivity (Wildman–Crippen MR) is 106 cm³/mol. The topological polar surface area (TPSA) is 79.6 Å². The summed E-state index contributed by atoms with van der Waals surface area (Å²) in [7, 11) is 0. The van der Waals surface area contributed by atoms with Crippen LogP contribution in [0.25, 0.3) is 4.96 Å².